The van der Waals surface area contributed by atoms with Gasteiger partial charge in [0.1, 0.15) is 11.5 Å². The summed E-state index contributed by atoms with van der Waals surface area (Å²) in [5, 5.41) is 10.5. The number of Topliss-reactive ketones (excluding diaryl/α,β-unsaturated/α-hetero) is 1. The van der Waals surface area contributed by atoms with Gasteiger partial charge in [-0.05, 0) is 30.3 Å². The van der Waals surface area contributed by atoms with Gasteiger partial charge in [0.2, 0.25) is 5.76 Å². The molecular weight excluding hydrogens is 302 g/mol. The number of aliphatic hydroxyl groups is 1. The number of aromatic nitrogens is 1. The minimum absolute atomic E-state index is 0.0373. The van der Waals surface area contributed by atoms with Crippen LogP contribution in [0.25, 0.3) is 11.5 Å². The van der Waals surface area contributed by atoms with Crippen LogP contribution in [0.1, 0.15) is 15.9 Å². The fourth-order valence-corrected chi connectivity index (χ4v) is 2.76. The van der Waals surface area contributed by atoms with Gasteiger partial charge in [-0.2, -0.15) is 4.57 Å². The van der Waals surface area contributed by atoms with E-state index in [4.69, 9.17) is 4.74 Å². The van der Waals surface area contributed by atoms with Crippen molar-refractivity contribution in [3.05, 3.63) is 90.3 Å². The molecule has 0 radical (unpaired) electrons. The largest absolute Gasteiger partial charge is 0.502 e. The zero-order chi connectivity index (χ0) is 16.5. The van der Waals surface area contributed by atoms with E-state index in [9.17, 15) is 9.90 Å². The highest BCUT2D eigenvalue weighted by Crippen LogP contribution is 2.34. The number of nitrogens with zero attached hydrogens (tertiary/aromatic N) is 1. The van der Waals surface area contributed by atoms with Gasteiger partial charge in [-0.25, -0.2) is 0 Å². The molecule has 1 aliphatic carbocycles. The number of allylic oxidation sites excluding steroid dienone is 1. The van der Waals surface area contributed by atoms with Crippen molar-refractivity contribution in [1.29, 1.82) is 0 Å². The SMILES string of the molecule is O=C1C([n+]2ccccc2)=C(O)c2cc(Oc3ccccc3)ccc21. The van der Waals surface area contributed by atoms with Gasteiger partial charge in [0, 0.05) is 23.3 Å². The molecule has 0 saturated carbocycles. The first kappa shape index (κ1) is 14.2. The van der Waals surface area contributed by atoms with E-state index < -0.39 is 0 Å². The van der Waals surface area contributed by atoms with Crippen molar-refractivity contribution in [3.8, 4) is 11.5 Å². The third-order valence-corrected chi connectivity index (χ3v) is 3.88. The smallest absolute Gasteiger partial charge is 0.301 e. The Kier molecular flexibility index (Phi) is 3.35. The lowest BCUT2D eigenvalue weighted by Crippen LogP contribution is -2.34. The molecule has 1 aliphatic rings. The highest BCUT2D eigenvalue weighted by Gasteiger charge is 2.37. The number of ketones is 1. The number of benzene rings is 2. The van der Waals surface area contributed by atoms with Crippen LogP contribution in [-0.2, 0) is 0 Å². The molecule has 2 aromatic carbocycles. The van der Waals surface area contributed by atoms with E-state index in [0.29, 0.717) is 22.6 Å². The van der Waals surface area contributed by atoms with Gasteiger partial charge < -0.3 is 9.84 Å². The Balaban J connectivity index is 1.74. The van der Waals surface area contributed by atoms with Gasteiger partial charge in [0.05, 0.1) is 0 Å². The molecule has 4 nitrogen and oxygen atoms in total. The molecule has 24 heavy (non-hydrogen) atoms. The second-order valence-corrected chi connectivity index (χ2v) is 5.43. The summed E-state index contributed by atoms with van der Waals surface area (Å²) in [5.74, 6) is 1.02. The molecule has 0 spiro atoms. The number of fused-ring (bicyclic) bond motifs is 1. The van der Waals surface area contributed by atoms with E-state index in [0.717, 1.165) is 0 Å². The number of carbonyl (C=O) groups is 1. The normalized spacial score (nSPS) is 13.1. The molecule has 0 saturated heterocycles. The zero-order valence-corrected chi connectivity index (χ0v) is 12.7. The van der Waals surface area contributed by atoms with Crippen molar-refractivity contribution in [2.75, 3.05) is 0 Å². The summed E-state index contributed by atoms with van der Waals surface area (Å²) in [7, 11) is 0. The number of hydrogen-bond acceptors (Lipinski definition) is 3. The fourth-order valence-electron chi connectivity index (χ4n) is 2.76. The van der Waals surface area contributed by atoms with Crippen molar-refractivity contribution in [2.45, 2.75) is 0 Å². The predicted molar refractivity (Wildman–Crippen MR) is 89.7 cm³/mol. The molecule has 1 aromatic heterocycles. The van der Waals surface area contributed by atoms with Crippen molar-refractivity contribution in [1.82, 2.24) is 0 Å². The predicted octanol–water partition coefficient (Wildman–Crippen LogP) is 3.85. The number of para-hydroxylation sites is 1. The molecule has 0 bridgehead atoms. The molecule has 0 amide bonds. The number of rotatable bonds is 3. The van der Waals surface area contributed by atoms with Crippen molar-refractivity contribution in [3.63, 3.8) is 0 Å². The monoisotopic (exact) mass is 316 g/mol. The first-order valence-electron chi connectivity index (χ1n) is 7.56. The van der Waals surface area contributed by atoms with Gasteiger partial charge in [-0.1, -0.05) is 24.3 Å². The van der Waals surface area contributed by atoms with Gasteiger partial charge in [-0.3, -0.25) is 4.79 Å². The summed E-state index contributed by atoms with van der Waals surface area (Å²) in [4.78, 5) is 12.6. The average molecular weight is 316 g/mol. The maximum atomic E-state index is 12.6. The van der Waals surface area contributed by atoms with Crippen LogP contribution in [0, 0.1) is 0 Å². The van der Waals surface area contributed by atoms with Crippen LogP contribution in [0.3, 0.4) is 0 Å². The van der Waals surface area contributed by atoms with Crippen molar-refractivity contribution >= 4 is 17.2 Å². The Morgan fingerprint density at radius 3 is 2.25 bits per heavy atom. The van der Waals surface area contributed by atoms with Gasteiger partial charge in [0.25, 0.3) is 5.78 Å². The van der Waals surface area contributed by atoms with Gasteiger partial charge in [0.15, 0.2) is 12.4 Å². The molecule has 3 aromatic rings. The summed E-state index contributed by atoms with van der Waals surface area (Å²) >= 11 is 0. The average Bonchev–Trinajstić information content (AvgIpc) is 2.87. The van der Waals surface area contributed by atoms with Crippen molar-refractivity contribution in [2.24, 2.45) is 0 Å². The lowest BCUT2D eigenvalue weighted by molar-refractivity contribution is -0.576. The molecule has 0 atom stereocenters. The summed E-state index contributed by atoms with van der Waals surface area (Å²) in [6.07, 6.45) is 3.47. The van der Waals surface area contributed by atoms with Crippen LogP contribution in [0.15, 0.2) is 79.1 Å². The van der Waals surface area contributed by atoms with E-state index in [-0.39, 0.29) is 17.2 Å². The van der Waals surface area contributed by atoms with E-state index in [1.807, 2.05) is 36.4 Å². The van der Waals surface area contributed by atoms with Crippen molar-refractivity contribution < 1.29 is 19.2 Å². The molecule has 4 rings (SSSR count). The van der Waals surface area contributed by atoms with E-state index in [1.54, 1.807) is 47.3 Å². The third kappa shape index (κ3) is 2.34. The fraction of sp³-hybridized carbons (Fsp3) is 0. The first-order chi connectivity index (χ1) is 11.7. The Labute approximate surface area is 138 Å². The quantitative estimate of drug-likeness (QED) is 0.747. The van der Waals surface area contributed by atoms with E-state index in [1.165, 1.54) is 0 Å². The molecule has 0 fully saturated rings. The van der Waals surface area contributed by atoms with Crippen LogP contribution in [0.4, 0.5) is 0 Å². The Morgan fingerprint density at radius 1 is 0.792 bits per heavy atom. The van der Waals surface area contributed by atoms with Gasteiger partial charge in [-0.15, -0.1) is 0 Å². The van der Waals surface area contributed by atoms with Crippen LogP contribution in [-0.4, -0.2) is 10.9 Å². The molecule has 1 N–H and O–H groups in total. The second kappa shape index (κ2) is 5.66. The maximum Gasteiger partial charge on any atom is 0.301 e. The summed E-state index contributed by atoms with van der Waals surface area (Å²) in [5.41, 5.74) is 1.21. The Bertz CT molecular complexity index is 947. The van der Waals surface area contributed by atoms with Crippen LogP contribution in [0.2, 0.25) is 0 Å². The number of carbonyl (C=O) groups excluding carboxylic acids is 1. The Hall–Kier alpha value is -3.40. The standard InChI is InChI=1S/C20H13NO3/c22-19-16-10-9-15(24-14-7-3-1-4-8-14)13-17(16)20(23)18(19)21-11-5-2-6-12-21/h1-13H/p+1. The number of aliphatic hydroxyl groups excluding tert-OH is 1. The zero-order valence-electron chi connectivity index (χ0n) is 12.7. The lowest BCUT2D eigenvalue weighted by Gasteiger charge is -2.06. The summed E-state index contributed by atoms with van der Waals surface area (Å²) in [6.45, 7) is 0. The number of pyridine rings is 1. The van der Waals surface area contributed by atoms with E-state index >= 15 is 0 Å². The number of hydrogen-bond donors (Lipinski definition) is 1. The number of ether oxygens (including phenoxy) is 1. The highest BCUT2D eigenvalue weighted by atomic mass is 16.5. The van der Waals surface area contributed by atoms with Crippen LogP contribution < -0.4 is 9.30 Å². The maximum absolute atomic E-state index is 12.6. The van der Waals surface area contributed by atoms with Crippen LogP contribution in [0.5, 0.6) is 11.5 Å². The first-order valence-corrected chi connectivity index (χ1v) is 7.56. The minimum atomic E-state index is -0.204. The minimum Gasteiger partial charge on any atom is -0.502 e. The highest BCUT2D eigenvalue weighted by molar-refractivity contribution is 6.32. The molecule has 0 unspecified atom stereocenters. The second-order valence-electron chi connectivity index (χ2n) is 5.43. The lowest BCUT2D eigenvalue weighted by atomic mass is 10.1. The Morgan fingerprint density at radius 2 is 1.50 bits per heavy atom. The summed E-state index contributed by atoms with van der Waals surface area (Å²) in [6, 6.07) is 19.9. The summed E-state index contributed by atoms with van der Waals surface area (Å²) < 4.78 is 7.40. The molecule has 116 valence electrons. The van der Waals surface area contributed by atoms with Crippen LogP contribution >= 0.6 is 0 Å². The van der Waals surface area contributed by atoms with Gasteiger partial charge >= 0.3 is 5.70 Å². The third-order valence-electron chi connectivity index (χ3n) is 3.88. The molecular formula is C20H14NO3+. The van der Waals surface area contributed by atoms with E-state index in [2.05, 4.69) is 0 Å². The molecule has 4 heteroatoms. The molecule has 1 heterocycles. The topological polar surface area (TPSA) is 50.4 Å². The molecule has 0 aliphatic heterocycles.